The molecule has 0 saturated carbocycles. The fraction of sp³-hybridized carbons (Fsp3) is 0.395. The molecule has 1 heterocycles. The molecule has 0 radical (unpaired) electrons. The second-order valence-corrected chi connectivity index (χ2v) is 13.6. The molecule has 1 atom stereocenters. The van der Waals surface area contributed by atoms with Gasteiger partial charge in [-0.1, -0.05) is 65.0 Å². The van der Waals surface area contributed by atoms with Crippen LogP contribution in [0.4, 0.5) is 0 Å². The molecule has 0 amide bonds. The minimum absolute atomic E-state index is 0.0121. The van der Waals surface area contributed by atoms with Crippen molar-refractivity contribution in [1.29, 1.82) is 0 Å². The molecule has 4 aromatic rings. The highest BCUT2D eigenvalue weighted by atomic mass is 16.7. The maximum Gasteiger partial charge on any atom is 0.343 e. The SMILES string of the molecule is CCCCCCCCOc1ccc(C(=O)Oc2ccc3c(c2)C(C)c2cc(OC(=O)c4ccc(OCOCC5(CC)COC5)cc4)ccc2-3)cc1. The van der Waals surface area contributed by atoms with E-state index < -0.39 is 11.9 Å². The van der Waals surface area contributed by atoms with Crippen LogP contribution in [0.15, 0.2) is 84.9 Å². The smallest absolute Gasteiger partial charge is 0.343 e. The average molecular weight is 693 g/mol. The normalized spacial score (nSPS) is 15.3. The Morgan fingerprint density at radius 3 is 1.69 bits per heavy atom. The summed E-state index contributed by atoms with van der Waals surface area (Å²) in [6.07, 6.45) is 8.26. The maximum atomic E-state index is 13.0. The van der Waals surface area contributed by atoms with E-state index in [2.05, 4.69) is 20.8 Å². The molecule has 1 aliphatic heterocycles. The van der Waals surface area contributed by atoms with Gasteiger partial charge in [0.25, 0.3) is 0 Å². The van der Waals surface area contributed by atoms with Gasteiger partial charge in [0.15, 0.2) is 6.79 Å². The molecule has 1 unspecified atom stereocenters. The monoisotopic (exact) mass is 692 g/mol. The van der Waals surface area contributed by atoms with E-state index in [0.29, 0.717) is 41.6 Å². The molecule has 0 bridgehead atoms. The molecule has 6 rings (SSSR count). The van der Waals surface area contributed by atoms with Gasteiger partial charge in [-0.15, -0.1) is 0 Å². The van der Waals surface area contributed by atoms with Gasteiger partial charge < -0.3 is 28.4 Å². The number of unbranched alkanes of at least 4 members (excludes halogenated alkanes) is 5. The summed E-state index contributed by atoms with van der Waals surface area (Å²) in [6.45, 7) is 9.30. The molecule has 1 saturated heterocycles. The lowest BCUT2D eigenvalue weighted by Gasteiger charge is -2.40. The van der Waals surface area contributed by atoms with E-state index in [1.54, 1.807) is 42.5 Å². The fourth-order valence-electron chi connectivity index (χ4n) is 6.51. The summed E-state index contributed by atoms with van der Waals surface area (Å²) in [7, 11) is 0. The number of hydrogen-bond acceptors (Lipinski definition) is 8. The highest BCUT2D eigenvalue weighted by Crippen LogP contribution is 2.47. The van der Waals surface area contributed by atoms with Gasteiger partial charge >= 0.3 is 11.9 Å². The number of benzene rings is 4. The Kier molecular flexibility index (Phi) is 12.1. The Bertz CT molecular complexity index is 1770. The van der Waals surface area contributed by atoms with E-state index in [1.807, 2.05) is 42.5 Å². The average Bonchev–Trinajstić information content (AvgIpc) is 3.41. The van der Waals surface area contributed by atoms with E-state index in [0.717, 1.165) is 54.1 Å². The third kappa shape index (κ3) is 8.99. The lowest BCUT2D eigenvalue weighted by Crippen LogP contribution is -2.45. The summed E-state index contributed by atoms with van der Waals surface area (Å²) in [5.74, 6) is 1.43. The minimum Gasteiger partial charge on any atom is -0.494 e. The largest absolute Gasteiger partial charge is 0.494 e. The van der Waals surface area contributed by atoms with Crippen LogP contribution in [0.2, 0.25) is 0 Å². The first-order valence-corrected chi connectivity index (χ1v) is 18.2. The van der Waals surface area contributed by atoms with Crippen LogP contribution in [0.3, 0.4) is 0 Å². The van der Waals surface area contributed by atoms with Crippen LogP contribution in [-0.4, -0.2) is 45.2 Å². The molecule has 0 spiro atoms. The highest BCUT2D eigenvalue weighted by molar-refractivity contribution is 5.92. The summed E-state index contributed by atoms with van der Waals surface area (Å²) in [6, 6.07) is 25.3. The summed E-state index contributed by atoms with van der Waals surface area (Å²) in [5, 5.41) is 0. The number of fused-ring (bicyclic) bond motifs is 3. The predicted octanol–water partition coefficient (Wildman–Crippen LogP) is 9.78. The van der Waals surface area contributed by atoms with Crippen LogP contribution < -0.4 is 18.9 Å². The van der Waals surface area contributed by atoms with E-state index in [9.17, 15) is 9.59 Å². The molecule has 8 heteroatoms. The zero-order valence-electron chi connectivity index (χ0n) is 29.9. The van der Waals surface area contributed by atoms with Crippen molar-refractivity contribution in [3.63, 3.8) is 0 Å². The molecule has 1 aliphatic carbocycles. The van der Waals surface area contributed by atoms with Crippen molar-refractivity contribution in [2.45, 2.75) is 71.6 Å². The Balaban J connectivity index is 0.990. The molecule has 0 N–H and O–H groups in total. The van der Waals surface area contributed by atoms with Crippen molar-refractivity contribution in [3.8, 4) is 34.1 Å². The number of ether oxygens (including phenoxy) is 6. The lowest BCUT2D eigenvalue weighted by molar-refractivity contribution is -0.162. The molecule has 1 fully saturated rings. The van der Waals surface area contributed by atoms with Gasteiger partial charge in [0, 0.05) is 11.3 Å². The zero-order chi connectivity index (χ0) is 35.6. The standard InChI is InChI=1S/C43H48O8/c1-4-6-7-8-9-10-23-48-33-15-11-31(12-16-33)41(44)50-35-19-21-37-38-22-20-36(25-40(38)30(3)39(37)24-35)51-42(45)32-13-17-34(18-14-32)49-29-47-28-43(5-2)26-46-27-43/h11-22,24-25,30H,4-10,23,26-29H2,1-3H3. The van der Waals surface area contributed by atoms with E-state index in [-0.39, 0.29) is 18.1 Å². The van der Waals surface area contributed by atoms with Crippen molar-refractivity contribution in [3.05, 3.63) is 107 Å². The first-order chi connectivity index (χ1) is 24.9. The molecule has 51 heavy (non-hydrogen) atoms. The van der Waals surface area contributed by atoms with Crippen molar-refractivity contribution in [2.75, 3.05) is 33.2 Å². The Hall–Kier alpha value is -4.66. The zero-order valence-corrected chi connectivity index (χ0v) is 29.9. The third-order valence-corrected chi connectivity index (χ3v) is 9.92. The van der Waals surface area contributed by atoms with Gasteiger partial charge in [-0.25, -0.2) is 9.59 Å². The van der Waals surface area contributed by atoms with Gasteiger partial charge in [-0.2, -0.15) is 0 Å². The van der Waals surface area contributed by atoms with Crippen molar-refractivity contribution in [2.24, 2.45) is 5.41 Å². The first-order valence-electron chi connectivity index (χ1n) is 18.2. The van der Waals surface area contributed by atoms with Gasteiger partial charge in [-0.05, 0) is 108 Å². The van der Waals surface area contributed by atoms with E-state index in [1.165, 1.54) is 32.1 Å². The number of esters is 2. The van der Waals surface area contributed by atoms with Gasteiger partial charge in [-0.3, -0.25) is 0 Å². The van der Waals surface area contributed by atoms with Crippen molar-refractivity contribution in [1.82, 2.24) is 0 Å². The number of carbonyl (C=O) groups is 2. The van der Waals surface area contributed by atoms with Crippen LogP contribution >= 0.6 is 0 Å². The van der Waals surface area contributed by atoms with Crippen LogP contribution in [0.1, 0.15) is 103 Å². The molecule has 0 aromatic heterocycles. The molecule has 268 valence electrons. The van der Waals surface area contributed by atoms with Crippen molar-refractivity contribution >= 4 is 11.9 Å². The van der Waals surface area contributed by atoms with Crippen LogP contribution in [0, 0.1) is 5.41 Å². The Morgan fingerprint density at radius 1 is 0.667 bits per heavy atom. The number of carbonyl (C=O) groups excluding carboxylic acids is 2. The maximum absolute atomic E-state index is 13.0. The fourth-order valence-corrected chi connectivity index (χ4v) is 6.51. The second kappa shape index (κ2) is 17.0. The second-order valence-electron chi connectivity index (χ2n) is 13.6. The Labute approximate surface area is 301 Å². The highest BCUT2D eigenvalue weighted by Gasteiger charge is 2.37. The van der Waals surface area contributed by atoms with Crippen LogP contribution in [0.5, 0.6) is 23.0 Å². The number of hydrogen-bond donors (Lipinski definition) is 0. The van der Waals surface area contributed by atoms with Gasteiger partial charge in [0.1, 0.15) is 23.0 Å². The third-order valence-electron chi connectivity index (χ3n) is 9.92. The van der Waals surface area contributed by atoms with Crippen molar-refractivity contribution < 1.29 is 38.0 Å². The van der Waals surface area contributed by atoms with Crippen LogP contribution in [-0.2, 0) is 9.47 Å². The van der Waals surface area contributed by atoms with Crippen LogP contribution in [0.25, 0.3) is 11.1 Å². The summed E-state index contributed by atoms with van der Waals surface area (Å²) < 4.78 is 34.1. The molecule has 4 aromatic carbocycles. The van der Waals surface area contributed by atoms with E-state index in [4.69, 9.17) is 28.4 Å². The molecule has 2 aliphatic rings. The summed E-state index contributed by atoms with van der Waals surface area (Å²) in [5.41, 5.74) is 5.18. The lowest BCUT2D eigenvalue weighted by atomic mass is 9.84. The first kappa shape index (κ1) is 36.1. The molecular weight excluding hydrogens is 644 g/mol. The Morgan fingerprint density at radius 2 is 1.18 bits per heavy atom. The number of rotatable bonds is 18. The molecule has 8 nitrogen and oxygen atoms in total. The summed E-state index contributed by atoms with van der Waals surface area (Å²) >= 11 is 0. The predicted molar refractivity (Wildman–Crippen MR) is 196 cm³/mol. The minimum atomic E-state index is -0.456. The quantitative estimate of drug-likeness (QED) is 0.0441. The van der Waals surface area contributed by atoms with Gasteiger partial charge in [0.2, 0.25) is 0 Å². The topological polar surface area (TPSA) is 89.5 Å². The van der Waals surface area contributed by atoms with E-state index >= 15 is 0 Å². The summed E-state index contributed by atoms with van der Waals surface area (Å²) in [4.78, 5) is 26.0. The van der Waals surface area contributed by atoms with Gasteiger partial charge in [0.05, 0.1) is 37.6 Å². The molecular formula is C43H48O8.